The molecule has 0 radical (unpaired) electrons. The van der Waals surface area contributed by atoms with Crippen molar-refractivity contribution in [3.05, 3.63) is 16.1 Å². The summed E-state index contributed by atoms with van der Waals surface area (Å²) in [6.07, 6.45) is 1.40. The predicted octanol–water partition coefficient (Wildman–Crippen LogP) is 1.58. The van der Waals surface area contributed by atoms with Crippen molar-refractivity contribution in [3.63, 3.8) is 0 Å². The molecular formula is C10H14N2O2S. The van der Waals surface area contributed by atoms with Crippen LogP contribution >= 0.6 is 11.3 Å². The summed E-state index contributed by atoms with van der Waals surface area (Å²) in [6, 6.07) is 0.173. The zero-order chi connectivity index (χ0) is 10.8. The largest absolute Gasteiger partial charge is 0.481 e. The number of nitrogens with one attached hydrogen (secondary N) is 1. The fraction of sp³-hybridized carbons (Fsp3) is 0.600. The van der Waals surface area contributed by atoms with Crippen LogP contribution in [0.15, 0.2) is 5.51 Å². The van der Waals surface area contributed by atoms with Gasteiger partial charge in [0.25, 0.3) is 0 Å². The molecule has 1 aromatic rings. The molecule has 0 aromatic carbocycles. The minimum Gasteiger partial charge on any atom is -0.481 e. The molecule has 2 rings (SSSR count). The third kappa shape index (κ3) is 2.18. The Balaban J connectivity index is 2.11. The van der Waals surface area contributed by atoms with Crippen molar-refractivity contribution in [1.82, 2.24) is 10.3 Å². The Bertz CT molecular complexity index is 364. The first-order valence-corrected chi connectivity index (χ1v) is 5.92. The number of piperidine rings is 1. The summed E-state index contributed by atoms with van der Waals surface area (Å²) in [5, 5.41) is 12.3. The van der Waals surface area contributed by atoms with Gasteiger partial charge in [-0.05, 0) is 26.3 Å². The van der Waals surface area contributed by atoms with Gasteiger partial charge in [-0.2, -0.15) is 0 Å². The molecule has 1 fully saturated rings. The van der Waals surface area contributed by atoms with Gasteiger partial charge >= 0.3 is 5.97 Å². The lowest BCUT2D eigenvalue weighted by Crippen LogP contribution is -2.34. The van der Waals surface area contributed by atoms with Gasteiger partial charge in [-0.3, -0.25) is 4.79 Å². The number of carbonyl (C=O) groups is 1. The van der Waals surface area contributed by atoms with E-state index in [1.807, 2.05) is 12.4 Å². The van der Waals surface area contributed by atoms with Crippen LogP contribution in [-0.4, -0.2) is 22.6 Å². The quantitative estimate of drug-likeness (QED) is 0.803. The van der Waals surface area contributed by atoms with Crippen molar-refractivity contribution >= 4 is 17.3 Å². The molecule has 82 valence electrons. The first-order chi connectivity index (χ1) is 7.18. The minimum atomic E-state index is -0.677. The van der Waals surface area contributed by atoms with Gasteiger partial charge in [-0.25, -0.2) is 4.98 Å². The molecule has 0 aliphatic carbocycles. The summed E-state index contributed by atoms with van der Waals surface area (Å²) in [4.78, 5) is 16.3. The second-order valence-corrected chi connectivity index (χ2v) is 4.75. The number of aliphatic carboxylic acids is 1. The number of hydrogen-bond acceptors (Lipinski definition) is 4. The smallest absolute Gasteiger partial charge is 0.306 e. The summed E-state index contributed by atoms with van der Waals surface area (Å²) in [7, 11) is 0. The highest BCUT2D eigenvalue weighted by atomic mass is 32.1. The van der Waals surface area contributed by atoms with E-state index in [-0.39, 0.29) is 12.0 Å². The molecule has 2 heterocycles. The van der Waals surface area contributed by atoms with E-state index in [4.69, 9.17) is 5.11 Å². The molecule has 1 aliphatic heterocycles. The first-order valence-electron chi connectivity index (χ1n) is 5.04. The lowest BCUT2D eigenvalue weighted by Gasteiger charge is -2.27. The van der Waals surface area contributed by atoms with E-state index < -0.39 is 5.97 Å². The fourth-order valence-corrected chi connectivity index (χ4v) is 2.88. The Morgan fingerprint density at radius 2 is 2.53 bits per heavy atom. The van der Waals surface area contributed by atoms with Crippen molar-refractivity contribution in [1.29, 1.82) is 0 Å². The van der Waals surface area contributed by atoms with E-state index >= 15 is 0 Å². The maximum absolute atomic E-state index is 10.9. The predicted molar refractivity (Wildman–Crippen MR) is 58.0 cm³/mol. The molecule has 2 atom stereocenters. The molecule has 2 unspecified atom stereocenters. The van der Waals surface area contributed by atoms with E-state index in [0.29, 0.717) is 6.42 Å². The summed E-state index contributed by atoms with van der Waals surface area (Å²) in [6.45, 7) is 2.75. The summed E-state index contributed by atoms with van der Waals surface area (Å²) in [5.74, 6) is -0.888. The van der Waals surface area contributed by atoms with Gasteiger partial charge in [0.15, 0.2) is 0 Å². The van der Waals surface area contributed by atoms with Crippen molar-refractivity contribution in [2.45, 2.75) is 25.8 Å². The zero-order valence-electron chi connectivity index (χ0n) is 8.56. The second kappa shape index (κ2) is 4.28. The van der Waals surface area contributed by atoms with Crippen LogP contribution in [0.1, 0.15) is 29.5 Å². The number of nitrogens with zero attached hydrogens (tertiary/aromatic N) is 1. The van der Waals surface area contributed by atoms with Crippen molar-refractivity contribution in [2.75, 3.05) is 6.54 Å². The Kier molecular flexibility index (Phi) is 3.02. The van der Waals surface area contributed by atoms with Crippen LogP contribution in [0.25, 0.3) is 0 Å². The average Bonchev–Trinajstić information content (AvgIpc) is 2.64. The van der Waals surface area contributed by atoms with Crippen LogP contribution in [0.4, 0.5) is 0 Å². The summed E-state index contributed by atoms with van der Waals surface area (Å²) in [5.41, 5.74) is 2.83. The molecule has 0 bridgehead atoms. The van der Waals surface area contributed by atoms with Crippen LogP contribution in [0.3, 0.4) is 0 Å². The highest BCUT2D eigenvalue weighted by molar-refractivity contribution is 7.09. The number of rotatable bonds is 2. The normalized spacial score (nSPS) is 26.5. The fourth-order valence-electron chi connectivity index (χ4n) is 1.99. The molecule has 5 heteroatoms. The van der Waals surface area contributed by atoms with Crippen LogP contribution in [0.5, 0.6) is 0 Å². The van der Waals surface area contributed by atoms with Crippen LogP contribution in [0.2, 0.25) is 0 Å². The minimum absolute atomic E-state index is 0.173. The zero-order valence-corrected chi connectivity index (χ0v) is 9.38. The summed E-state index contributed by atoms with van der Waals surface area (Å²) < 4.78 is 0. The number of aromatic nitrogens is 1. The second-order valence-electron chi connectivity index (χ2n) is 3.87. The Hall–Kier alpha value is -0.940. The van der Waals surface area contributed by atoms with Crippen LogP contribution < -0.4 is 5.32 Å². The van der Waals surface area contributed by atoms with E-state index in [0.717, 1.165) is 18.7 Å². The molecule has 15 heavy (non-hydrogen) atoms. The van der Waals surface area contributed by atoms with Gasteiger partial charge < -0.3 is 10.4 Å². The highest BCUT2D eigenvalue weighted by Crippen LogP contribution is 2.31. The van der Waals surface area contributed by atoms with Gasteiger partial charge in [0.05, 0.1) is 17.1 Å². The number of aryl methyl sites for hydroxylation is 1. The molecule has 0 spiro atoms. The van der Waals surface area contributed by atoms with Crippen molar-refractivity contribution in [2.24, 2.45) is 5.92 Å². The third-order valence-corrected chi connectivity index (χ3v) is 3.90. The number of thiazole rings is 1. The Morgan fingerprint density at radius 1 is 1.73 bits per heavy atom. The molecule has 1 saturated heterocycles. The highest BCUT2D eigenvalue weighted by Gasteiger charge is 2.28. The molecule has 2 N–H and O–H groups in total. The van der Waals surface area contributed by atoms with Gasteiger partial charge in [-0.1, -0.05) is 0 Å². The van der Waals surface area contributed by atoms with Gasteiger partial charge in [-0.15, -0.1) is 11.3 Å². The Morgan fingerprint density at radius 3 is 3.13 bits per heavy atom. The molecule has 1 aliphatic rings. The number of carboxylic acids is 1. The van der Waals surface area contributed by atoms with Crippen LogP contribution in [-0.2, 0) is 4.79 Å². The molecule has 0 saturated carbocycles. The molecule has 1 aromatic heterocycles. The van der Waals surface area contributed by atoms with E-state index in [1.54, 1.807) is 11.3 Å². The maximum atomic E-state index is 10.9. The lowest BCUT2D eigenvalue weighted by atomic mass is 9.91. The molecular weight excluding hydrogens is 212 g/mol. The van der Waals surface area contributed by atoms with Crippen molar-refractivity contribution < 1.29 is 9.90 Å². The SMILES string of the molecule is Cc1ncsc1C1CC(C(=O)O)CCN1. The molecule has 4 nitrogen and oxygen atoms in total. The topological polar surface area (TPSA) is 62.2 Å². The lowest BCUT2D eigenvalue weighted by molar-refractivity contribution is -0.142. The maximum Gasteiger partial charge on any atom is 0.306 e. The Labute approximate surface area is 92.3 Å². The van der Waals surface area contributed by atoms with Gasteiger partial charge in [0, 0.05) is 10.9 Å². The van der Waals surface area contributed by atoms with Gasteiger partial charge in [0.2, 0.25) is 0 Å². The van der Waals surface area contributed by atoms with E-state index in [1.165, 1.54) is 4.88 Å². The monoisotopic (exact) mass is 226 g/mol. The van der Waals surface area contributed by atoms with Gasteiger partial charge in [0.1, 0.15) is 0 Å². The number of hydrogen-bond donors (Lipinski definition) is 2. The summed E-state index contributed by atoms with van der Waals surface area (Å²) >= 11 is 1.60. The number of carboxylic acid groups (broad SMARTS) is 1. The average molecular weight is 226 g/mol. The third-order valence-electron chi connectivity index (χ3n) is 2.85. The van der Waals surface area contributed by atoms with E-state index in [2.05, 4.69) is 10.3 Å². The first kappa shape index (κ1) is 10.6. The van der Waals surface area contributed by atoms with Crippen LogP contribution in [0, 0.1) is 12.8 Å². The standard InChI is InChI=1S/C10H14N2O2S/c1-6-9(15-5-12-6)8-4-7(10(13)14)2-3-11-8/h5,7-8,11H,2-4H2,1H3,(H,13,14). The molecule has 0 amide bonds. The van der Waals surface area contributed by atoms with Crippen molar-refractivity contribution in [3.8, 4) is 0 Å². The van der Waals surface area contributed by atoms with E-state index in [9.17, 15) is 4.79 Å².